The monoisotopic (exact) mass is 241 g/mol. The fraction of sp³-hybridized carbons (Fsp3) is 0.400. The number of anilines is 2. The summed E-state index contributed by atoms with van der Waals surface area (Å²) in [6, 6.07) is 8.03. The molecule has 0 atom stereocenters. The number of hydrogen-bond donors (Lipinski definition) is 2. The van der Waals surface area contributed by atoms with Crippen LogP contribution in [0.2, 0.25) is 0 Å². The van der Waals surface area contributed by atoms with Crippen molar-refractivity contribution in [1.82, 2.24) is 4.98 Å². The molecule has 3 N–H and O–H groups in total. The molecular weight excluding hydrogens is 222 g/mol. The van der Waals surface area contributed by atoms with Crippen molar-refractivity contribution in [2.45, 2.75) is 25.7 Å². The molecule has 1 aromatic heterocycles. The third-order valence-electron chi connectivity index (χ3n) is 3.88. The molecule has 1 aromatic carbocycles. The van der Waals surface area contributed by atoms with Gasteiger partial charge in [0.1, 0.15) is 0 Å². The molecule has 0 saturated heterocycles. The van der Waals surface area contributed by atoms with E-state index in [2.05, 4.69) is 10.3 Å². The summed E-state index contributed by atoms with van der Waals surface area (Å²) in [5.41, 5.74) is 9.02. The summed E-state index contributed by atoms with van der Waals surface area (Å²) >= 11 is 0. The SMILES string of the molecule is Nc1c(NCC2CCCC2)ccc2ncccc12. The van der Waals surface area contributed by atoms with Crippen LogP contribution in [0.15, 0.2) is 30.5 Å². The number of fused-ring (bicyclic) bond motifs is 1. The number of nitrogen functional groups attached to an aromatic ring is 1. The lowest BCUT2D eigenvalue weighted by Gasteiger charge is -2.14. The smallest absolute Gasteiger partial charge is 0.0724 e. The van der Waals surface area contributed by atoms with Gasteiger partial charge in [-0.05, 0) is 43.0 Å². The van der Waals surface area contributed by atoms with E-state index >= 15 is 0 Å². The maximum atomic E-state index is 6.20. The van der Waals surface area contributed by atoms with E-state index in [0.29, 0.717) is 0 Å². The summed E-state index contributed by atoms with van der Waals surface area (Å²) in [5, 5.41) is 4.53. The van der Waals surface area contributed by atoms with Crippen LogP contribution in [0.1, 0.15) is 25.7 Å². The van der Waals surface area contributed by atoms with Crippen LogP contribution in [0.4, 0.5) is 11.4 Å². The van der Waals surface area contributed by atoms with Gasteiger partial charge < -0.3 is 11.1 Å². The van der Waals surface area contributed by atoms with Crippen LogP contribution >= 0.6 is 0 Å². The lowest BCUT2D eigenvalue weighted by Crippen LogP contribution is -2.12. The molecule has 1 aliphatic carbocycles. The van der Waals surface area contributed by atoms with Gasteiger partial charge in [-0.2, -0.15) is 0 Å². The zero-order chi connectivity index (χ0) is 12.4. The first-order chi connectivity index (χ1) is 8.84. The second kappa shape index (κ2) is 4.84. The Morgan fingerprint density at radius 3 is 2.89 bits per heavy atom. The number of nitrogens with one attached hydrogen (secondary N) is 1. The Morgan fingerprint density at radius 2 is 2.06 bits per heavy atom. The van der Waals surface area contributed by atoms with Crippen LogP contribution < -0.4 is 11.1 Å². The Morgan fingerprint density at radius 1 is 1.22 bits per heavy atom. The Labute approximate surface area is 107 Å². The number of hydrogen-bond acceptors (Lipinski definition) is 3. The fourth-order valence-corrected chi connectivity index (χ4v) is 2.80. The van der Waals surface area contributed by atoms with Crippen molar-refractivity contribution in [1.29, 1.82) is 0 Å². The zero-order valence-electron chi connectivity index (χ0n) is 10.5. The predicted molar refractivity (Wildman–Crippen MR) is 76.6 cm³/mol. The number of aromatic nitrogens is 1. The van der Waals surface area contributed by atoms with Gasteiger partial charge in [-0.15, -0.1) is 0 Å². The Hall–Kier alpha value is -1.77. The van der Waals surface area contributed by atoms with Gasteiger partial charge in [0.25, 0.3) is 0 Å². The zero-order valence-corrected chi connectivity index (χ0v) is 10.5. The highest BCUT2D eigenvalue weighted by Gasteiger charge is 2.15. The Bertz CT molecular complexity index is 544. The molecule has 18 heavy (non-hydrogen) atoms. The van der Waals surface area contributed by atoms with Gasteiger partial charge in [-0.25, -0.2) is 0 Å². The van der Waals surface area contributed by atoms with Crippen LogP contribution in [0.25, 0.3) is 10.9 Å². The number of benzene rings is 1. The molecule has 1 saturated carbocycles. The number of nitrogens with two attached hydrogens (primary N) is 1. The molecule has 1 aliphatic rings. The minimum absolute atomic E-state index is 0.814. The lowest BCUT2D eigenvalue weighted by molar-refractivity contribution is 0.580. The summed E-state index contributed by atoms with van der Waals surface area (Å²) < 4.78 is 0. The van der Waals surface area contributed by atoms with Crippen LogP contribution in [0, 0.1) is 5.92 Å². The molecule has 0 bridgehead atoms. The molecule has 0 unspecified atom stereocenters. The predicted octanol–water partition coefficient (Wildman–Crippen LogP) is 3.42. The van der Waals surface area contributed by atoms with E-state index in [9.17, 15) is 0 Å². The molecule has 0 radical (unpaired) electrons. The molecular formula is C15H19N3. The van der Waals surface area contributed by atoms with Crippen LogP contribution in [-0.2, 0) is 0 Å². The van der Waals surface area contributed by atoms with Crippen molar-refractivity contribution >= 4 is 22.3 Å². The summed E-state index contributed by atoms with van der Waals surface area (Å²) in [6.45, 7) is 1.04. The van der Waals surface area contributed by atoms with Crippen molar-refractivity contribution in [3.63, 3.8) is 0 Å². The fourth-order valence-electron chi connectivity index (χ4n) is 2.80. The van der Waals surface area contributed by atoms with E-state index < -0.39 is 0 Å². The van der Waals surface area contributed by atoms with Crippen LogP contribution in [-0.4, -0.2) is 11.5 Å². The van der Waals surface area contributed by atoms with Crippen molar-refractivity contribution < 1.29 is 0 Å². The number of rotatable bonds is 3. The van der Waals surface area contributed by atoms with Gasteiger partial charge in [0, 0.05) is 18.1 Å². The summed E-state index contributed by atoms with van der Waals surface area (Å²) in [5.74, 6) is 0.814. The molecule has 1 heterocycles. The maximum Gasteiger partial charge on any atom is 0.0724 e. The third kappa shape index (κ3) is 2.13. The highest BCUT2D eigenvalue weighted by Crippen LogP contribution is 2.29. The van der Waals surface area contributed by atoms with Crippen molar-refractivity contribution in [3.8, 4) is 0 Å². The van der Waals surface area contributed by atoms with E-state index in [1.165, 1.54) is 25.7 Å². The lowest BCUT2D eigenvalue weighted by atomic mass is 10.1. The van der Waals surface area contributed by atoms with Gasteiger partial charge in [-0.1, -0.05) is 12.8 Å². The first-order valence-corrected chi connectivity index (χ1v) is 6.71. The summed E-state index contributed by atoms with van der Waals surface area (Å²) in [6.07, 6.45) is 7.25. The molecule has 0 aliphatic heterocycles. The standard InChI is InChI=1S/C15H19N3/c16-15-12-6-3-9-17-13(12)7-8-14(15)18-10-11-4-1-2-5-11/h3,6-9,11,18H,1-2,4-5,10,16H2. The van der Waals surface area contributed by atoms with Crippen LogP contribution in [0.5, 0.6) is 0 Å². The van der Waals surface area contributed by atoms with E-state index in [1.54, 1.807) is 6.20 Å². The summed E-state index contributed by atoms with van der Waals surface area (Å²) in [4.78, 5) is 4.31. The normalized spacial score (nSPS) is 16.2. The second-order valence-electron chi connectivity index (χ2n) is 5.13. The third-order valence-corrected chi connectivity index (χ3v) is 3.88. The van der Waals surface area contributed by atoms with Crippen molar-refractivity contribution in [2.24, 2.45) is 5.92 Å². The van der Waals surface area contributed by atoms with E-state index in [0.717, 1.165) is 34.7 Å². The quantitative estimate of drug-likeness (QED) is 0.809. The largest absolute Gasteiger partial charge is 0.397 e. The van der Waals surface area contributed by atoms with Gasteiger partial charge in [0.15, 0.2) is 0 Å². The van der Waals surface area contributed by atoms with E-state index in [4.69, 9.17) is 5.73 Å². The van der Waals surface area contributed by atoms with E-state index in [1.807, 2.05) is 24.3 Å². The average molecular weight is 241 g/mol. The first kappa shape index (κ1) is 11.3. The average Bonchev–Trinajstić information content (AvgIpc) is 2.91. The topological polar surface area (TPSA) is 50.9 Å². The Balaban J connectivity index is 1.81. The molecule has 3 rings (SSSR count). The minimum atomic E-state index is 0.814. The second-order valence-corrected chi connectivity index (χ2v) is 5.13. The van der Waals surface area contributed by atoms with Crippen molar-refractivity contribution in [2.75, 3.05) is 17.6 Å². The summed E-state index contributed by atoms with van der Waals surface area (Å²) in [7, 11) is 0. The van der Waals surface area contributed by atoms with Gasteiger partial charge in [0.2, 0.25) is 0 Å². The molecule has 2 aromatic rings. The minimum Gasteiger partial charge on any atom is -0.397 e. The first-order valence-electron chi connectivity index (χ1n) is 6.71. The highest BCUT2D eigenvalue weighted by atomic mass is 14.9. The van der Waals surface area contributed by atoms with Gasteiger partial charge in [0.05, 0.1) is 16.9 Å². The van der Waals surface area contributed by atoms with Crippen molar-refractivity contribution in [3.05, 3.63) is 30.5 Å². The molecule has 0 amide bonds. The maximum absolute atomic E-state index is 6.20. The Kier molecular flexibility index (Phi) is 3.05. The number of pyridine rings is 1. The molecule has 3 heteroatoms. The molecule has 3 nitrogen and oxygen atoms in total. The van der Waals surface area contributed by atoms with E-state index in [-0.39, 0.29) is 0 Å². The molecule has 94 valence electrons. The molecule has 1 fully saturated rings. The molecule has 0 spiro atoms. The van der Waals surface area contributed by atoms with Gasteiger partial charge in [-0.3, -0.25) is 4.98 Å². The number of nitrogens with zero attached hydrogens (tertiary/aromatic N) is 1. The van der Waals surface area contributed by atoms with Crippen LogP contribution in [0.3, 0.4) is 0 Å². The van der Waals surface area contributed by atoms with Gasteiger partial charge >= 0.3 is 0 Å². The highest BCUT2D eigenvalue weighted by molar-refractivity contribution is 5.96.